The van der Waals surface area contributed by atoms with Gasteiger partial charge in [0.2, 0.25) is 0 Å². The molecule has 0 aromatic carbocycles. The minimum atomic E-state index is 0.474. The monoisotopic (exact) mass is 347 g/mol. The Morgan fingerprint density at radius 3 is 2.71 bits per heavy atom. The highest BCUT2D eigenvalue weighted by Crippen LogP contribution is 2.34. The van der Waals surface area contributed by atoms with E-state index in [-0.39, 0.29) is 0 Å². The Bertz CT molecular complexity index is 774. The number of hydrogen-bond acceptors (Lipinski definition) is 5. The molecule has 2 aromatic heterocycles. The highest BCUT2D eigenvalue weighted by Gasteiger charge is 2.19. The summed E-state index contributed by atoms with van der Waals surface area (Å²) >= 11 is 6.22. The minimum Gasteiger partial charge on any atom is -0.452 e. The van der Waals surface area contributed by atoms with Gasteiger partial charge in [0.15, 0.2) is 5.58 Å². The van der Waals surface area contributed by atoms with Gasteiger partial charge in [0.1, 0.15) is 16.4 Å². The summed E-state index contributed by atoms with van der Waals surface area (Å²) in [5.41, 5.74) is 3.53. The molecule has 0 N–H and O–H groups in total. The maximum atomic E-state index is 6.22. The van der Waals surface area contributed by atoms with Crippen LogP contribution >= 0.6 is 11.6 Å². The molecular formula is C18H22ClN3O2. The van der Waals surface area contributed by atoms with Gasteiger partial charge in [-0.2, -0.15) is 0 Å². The van der Waals surface area contributed by atoms with Crippen molar-refractivity contribution in [2.75, 3.05) is 45.3 Å². The van der Waals surface area contributed by atoms with Crippen LogP contribution in [-0.2, 0) is 4.74 Å². The van der Waals surface area contributed by atoms with E-state index in [0.29, 0.717) is 18.4 Å². The second-order valence-electron chi connectivity index (χ2n) is 5.91. The number of anilines is 1. The zero-order chi connectivity index (χ0) is 17.1. The Labute approximate surface area is 147 Å². The van der Waals surface area contributed by atoms with Crippen molar-refractivity contribution in [2.24, 2.45) is 0 Å². The van der Waals surface area contributed by atoms with E-state index in [2.05, 4.69) is 9.88 Å². The average molecular weight is 348 g/mol. The lowest BCUT2D eigenvalue weighted by atomic mass is 10.2. The van der Waals surface area contributed by atoms with Crippen LogP contribution in [0.2, 0.25) is 5.15 Å². The molecular weight excluding hydrogens is 326 g/mol. The van der Waals surface area contributed by atoms with Gasteiger partial charge in [-0.25, -0.2) is 4.98 Å². The summed E-state index contributed by atoms with van der Waals surface area (Å²) in [7, 11) is 3.97. The van der Waals surface area contributed by atoms with Gasteiger partial charge in [-0.15, -0.1) is 0 Å². The van der Waals surface area contributed by atoms with Crippen LogP contribution in [0, 0.1) is 0 Å². The molecule has 0 aliphatic carbocycles. The van der Waals surface area contributed by atoms with Gasteiger partial charge in [-0.05, 0) is 19.2 Å². The number of rotatable bonds is 4. The normalized spacial score (nSPS) is 16.3. The van der Waals surface area contributed by atoms with Gasteiger partial charge >= 0.3 is 0 Å². The van der Waals surface area contributed by atoms with Crippen LogP contribution in [0.3, 0.4) is 0 Å². The highest BCUT2D eigenvalue weighted by atomic mass is 35.5. The zero-order valence-corrected chi connectivity index (χ0v) is 15.0. The molecule has 3 rings (SSSR count). The van der Waals surface area contributed by atoms with Gasteiger partial charge in [0.05, 0.1) is 18.9 Å². The Kier molecular flexibility index (Phi) is 5.11. The predicted molar refractivity (Wildman–Crippen MR) is 98.5 cm³/mol. The number of allylic oxidation sites excluding steroid dienone is 3. The molecule has 2 aromatic rings. The third-order valence-corrected chi connectivity index (χ3v) is 4.12. The number of nitrogens with zero attached hydrogens (tertiary/aromatic N) is 3. The van der Waals surface area contributed by atoms with E-state index in [1.807, 2.05) is 56.4 Å². The van der Waals surface area contributed by atoms with Crippen LogP contribution in [0.1, 0.15) is 12.7 Å². The molecule has 0 radical (unpaired) electrons. The number of hydrogen-bond donors (Lipinski definition) is 0. The van der Waals surface area contributed by atoms with Crippen molar-refractivity contribution in [3.8, 4) is 0 Å². The molecule has 24 heavy (non-hydrogen) atoms. The van der Waals surface area contributed by atoms with E-state index in [1.54, 1.807) is 0 Å². The largest absolute Gasteiger partial charge is 0.452 e. The third-order valence-electron chi connectivity index (χ3n) is 3.93. The molecule has 0 saturated carbocycles. The number of fused-ring (bicyclic) bond motifs is 1. The van der Waals surface area contributed by atoms with Crippen molar-refractivity contribution in [1.82, 2.24) is 9.88 Å². The quantitative estimate of drug-likeness (QED) is 0.621. The second-order valence-corrected chi connectivity index (χ2v) is 6.30. The van der Waals surface area contributed by atoms with Crippen molar-refractivity contribution in [1.29, 1.82) is 0 Å². The molecule has 0 unspecified atom stereocenters. The minimum absolute atomic E-state index is 0.474. The summed E-state index contributed by atoms with van der Waals surface area (Å²) in [5.74, 6) is 0.787. The number of furan rings is 1. The van der Waals surface area contributed by atoms with E-state index >= 15 is 0 Å². The molecule has 0 spiro atoms. The molecule has 5 nitrogen and oxygen atoms in total. The third kappa shape index (κ3) is 3.57. The van der Waals surface area contributed by atoms with Gasteiger partial charge in [-0.1, -0.05) is 17.7 Å². The number of halogens is 1. The predicted octanol–water partition coefficient (Wildman–Crippen LogP) is 3.80. The number of pyridine rings is 1. The van der Waals surface area contributed by atoms with Crippen molar-refractivity contribution in [2.45, 2.75) is 6.92 Å². The summed E-state index contributed by atoms with van der Waals surface area (Å²) in [6, 6.07) is 3.81. The Hall–Kier alpha value is -1.98. The average Bonchev–Trinajstić information content (AvgIpc) is 2.98. The Balaban J connectivity index is 2.03. The van der Waals surface area contributed by atoms with Gasteiger partial charge in [0.25, 0.3) is 0 Å². The van der Waals surface area contributed by atoms with Gasteiger partial charge in [0, 0.05) is 44.9 Å². The first-order valence-corrected chi connectivity index (χ1v) is 8.40. The fraction of sp³-hybridized carbons (Fsp3) is 0.389. The molecule has 0 bridgehead atoms. The van der Waals surface area contributed by atoms with E-state index in [9.17, 15) is 0 Å². The van der Waals surface area contributed by atoms with Gasteiger partial charge < -0.3 is 19.0 Å². The van der Waals surface area contributed by atoms with E-state index < -0.39 is 0 Å². The molecule has 0 atom stereocenters. The summed E-state index contributed by atoms with van der Waals surface area (Å²) in [4.78, 5) is 8.64. The van der Waals surface area contributed by atoms with Crippen molar-refractivity contribution in [3.63, 3.8) is 0 Å². The van der Waals surface area contributed by atoms with Crippen LogP contribution in [0.25, 0.3) is 16.7 Å². The lowest BCUT2D eigenvalue weighted by Crippen LogP contribution is -2.36. The molecule has 3 heterocycles. The molecule has 1 fully saturated rings. The second kappa shape index (κ2) is 7.28. The fourth-order valence-electron chi connectivity index (χ4n) is 2.71. The van der Waals surface area contributed by atoms with E-state index in [4.69, 9.17) is 20.8 Å². The highest BCUT2D eigenvalue weighted by molar-refractivity contribution is 6.30. The van der Waals surface area contributed by atoms with Crippen molar-refractivity contribution >= 4 is 34.0 Å². The fourth-order valence-corrected chi connectivity index (χ4v) is 2.90. The maximum Gasteiger partial charge on any atom is 0.176 e. The van der Waals surface area contributed by atoms with Crippen LogP contribution in [0.4, 0.5) is 5.69 Å². The molecule has 1 aliphatic heterocycles. The lowest BCUT2D eigenvalue weighted by molar-refractivity contribution is 0.122. The van der Waals surface area contributed by atoms with E-state index in [1.165, 1.54) is 0 Å². The van der Waals surface area contributed by atoms with E-state index in [0.717, 1.165) is 41.2 Å². The van der Waals surface area contributed by atoms with Crippen molar-refractivity contribution < 1.29 is 9.15 Å². The molecule has 1 saturated heterocycles. The summed E-state index contributed by atoms with van der Waals surface area (Å²) in [6.07, 6.45) is 6.03. The first-order valence-electron chi connectivity index (χ1n) is 8.02. The molecule has 128 valence electrons. The summed E-state index contributed by atoms with van der Waals surface area (Å²) in [6.45, 7) is 5.05. The molecule has 6 heteroatoms. The first kappa shape index (κ1) is 16.9. The smallest absolute Gasteiger partial charge is 0.176 e. The molecule has 0 amide bonds. The maximum absolute atomic E-state index is 6.22. The Morgan fingerprint density at radius 1 is 1.29 bits per heavy atom. The van der Waals surface area contributed by atoms with Crippen LogP contribution in [-0.4, -0.2) is 50.3 Å². The van der Waals surface area contributed by atoms with Crippen molar-refractivity contribution in [3.05, 3.63) is 41.4 Å². The summed E-state index contributed by atoms with van der Waals surface area (Å²) in [5, 5.41) is 0.474. The van der Waals surface area contributed by atoms with Crippen LogP contribution < -0.4 is 4.90 Å². The summed E-state index contributed by atoms with van der Waals surface area (Å²) < 4.78 is 11.6. The van der Waals surface area contributed by atoms with Gasteiger partial charge in [-0.3, -0.25) is 0 Å². The number of ether oxygens (including phenoxy) is 1. The standard InChI is InChI=1S/C18H22ClN3O2/c1-4-13(5-6-21(2)3)16-11-14-18(24-16)15(12-17(19)20-14)22-7-9-23-10-8-22/h4-6,11-12H,7-10H2,1-3H3/b6-5-,13-4+. The SMILES string of the molecule is C/C=C(\C=C/N(C)C)c1cc2nc(Cl)cc(N3CCOCC3)c2o1. The number of aromatic nitrogens is 1. The topological polar surface area (TPSA) is 41.7 Å². The lowest BCUT2D eigenvalue weighted by Gasteiger charge is -2.28. The Morgan fingerprint density at radius 2 is 2.04 bits per heavy atom. The van der Waals surface area contributed by atoms with Crippen LogP contribution in [0.15, 0.2) is 34.9 Å². The first-order chi connectivity index (χ1) is 11.6. The zero-order valence-electron chi connectivity index (χ0n) is 14.3. The van der Waals surface area contributed by atoms with Crippen LogP contribution in [0.5, 0.6) is 0 Å². The molecule has 1 aliphatic rings. The number of morpholine rings is 1.